The van der Waals surface area contributed by atoms with Crippen molar-refractivity contribution in [1.82, 2.24) is 0 Å². The van der Waals surface area contributed by atoms with E-state index in [0.717, 1.165) is 5.56 Å². The number of anilines is 1. The molecule has 1 aliphatic rings. The van der Waals surface area contributed by atoms with Crippen LogP contribution in [-0.4, -0.2) is 12.1 Å². The van der Waals surface area contributed by atoms with Crippen molar-refractivity contribution in [2.24, 2.45) is 0 Å². The summed E-state index contributed by atoms with van der Waals surface area (Å²) in [5.74, 6) is 2.24. The van der Waals surface area contributed by atoms with E-state index in [1.807, 2.05) is 0 Å². The third-order valence-electron chi connectivity index (χ3n) is 1.72. The van der Waals surface area contributed by atoms with Crippen LogP contribution in [0.25, 0.3) is 6.08 Å². The minimum Gasteiger partial charge on any atom is -0.532 e. The summed E-state index contributed by atoms with van der Waals surface area (Å²) in [6.07, 6.45) is 1.79. The molecule has 0 aliphatic carbocycles. The first-order valence-electron chi connectivity index (χ1n) is 3.68. The van der Waals surface area contributed by atoms with Crippen molar-refractivity contribution in [3.8, 4) is 5.75 Å². The number of rotatable bonds is 0. The van der Waals surface area contributed by atoms with Gasteiger partial charge in [0.05, 0.1) is 0 Å². The summed E-state index contributed by atoms with van der Waals surface area (Å²) in [6.45, 7) is 0. The van der Waals surface area contributed by atoms with E-state index in [1.165, 1.54) is 0 Å². The first-order valence-corrected chi connectivity index (χ1v) is 3.68. The monoisotopic (exact) mass is 161 g/mol. The normalized spacial score (nSPS) is 13.9. The van der Waals surface area contributed by atoms with Gasteiger partial charge in [-0.05, 0) is 24.2 Å². The zero-order valence-corrected chi connectivity index (χ0v) is 6.40. The molecule has 4 heteroatoms. The zero-order chi connectivity index (χ0) is 8.55. The van der Waals surface area contributed by atoms with Crippen LogP contribution in [0, 0.1) is 0 Å². The second kappa shape index (κ2) is 2.57. The molecule has 3 nitrogen and oxygen atoms in total. The minimum absolute atomic E-state index is 0.666. The molecule has 0 radical (unpaired) electrons. The summed E-state index contributed by atoms with van der Waals surface area (Å²) in [5, 5.41) is 9.08. The van der Waals surface area contributed by atoms with Crippen molar-refractivity contribution in [2.75, 3.05) is 5.73 Å². The molecule has 2 rings (SSSR count). The van der Waals surface area contributed by atoms with Gasteiger partial charge < -0.3 is 15.4 Å². The molecule has 1 aliphatic heterocycles. The molecule has 0 spiro atoms. The fourth-order valence-electron chi connectivity index (χ4n) is 1.16. The highest BCUT2D eigenvalue weighted by atomic mass is 16.5. The zero-order valence-electron chi connectivity index (χ0n) is 6.40. The summed E-state index contributed by atoms with van der Waals surface area (Å²) in [6, 6.07) is 5.29. The first-order chi connectivity index (χ1) is 5.75. The molecule has 0 saturated heterocycles. The summed E-state index contributed by atoms with van der Waals surface area (Å²) in [7, 11) is -0.832. The fourth-order valence-corrected chi connectivity index (χ4v) is 1.16. The van der Waals surface area contributed by atoms with Crippen LogP contribution >= 0.6 is 0 Å². The van der Waals surface area contributed by atoms with Gasteiger partial charge in [0.2, 0.25) is 0 Å². The molecule has 3 N–H and O–H groups in total. The highest BCUT2D eigenvalue weighted by Gasteiger charge is 2.17. The molecule has 0 bridgehead atoms. The van der Waals surface area contributed by atoms with Crippen LogP contribution < -0.4 is 10.4 Å². The maximum Gasteiger partial charge on any atom is 0.552 e. The molecule has 0 saturated carbocycles. The average Bonchev–Trinajstić information content (AvgIpc) is 2.05. The van der Waals surface area contributed by atoms with E-state index in [2.05, 4.69) is 0 Å². The van der Waals surface area contributed by atoms with E-state index < -0.39 is 7.12 Å². The molecule has 12 heavy (non-hydrogen) atoms. The topological polar surface area (TPSA) is 55.5 Å². The Labute approximate surface area is 70.6 Å². The molecule has 0 fully saturated rings. The van der Waals surface area contributed by atoms with Crippen LogP contribution in [-0.2, 0) is 0 Å². The Morgan fingerprint density at radius 3 is 3.08 bits per heavy atom. The van der Waals surface area contributed by atoms with Crippen molar-refractivity contribution >= 4 is 18.9 Å². The average molecular weight is 161 g/mol. The number of hydrogen-bond donors (Lipinski definition) is 2. The van der Waals surface area contributed by atoms with Crippen LogP contribution in [0.1, 0.15) is 5.56 Å². The molecule has 0 unspecified atom stereocenters. The number of hydrogen-bond acceptors (Lipinski definition) is 3. The number of nitrogen functional groups attached to an aromatic ring is 1. The van der Waals surface area contributed by atoms with Gasteiger partial charge in [0.15, 0.2) is 0 Å². The summed E-state index contributed by atoms with van der Waals surface area (Å²) in [4.78, 5) is 0. The van der Waals surface area contributed by atoms with Crippen LogP contribution in [0.4, 0.5) is 5.69 Å². The predicted molar refractivity (Wildman–Crippen MR) is 48.5 cm³/mol. The van der Waals surface area contributed by atoms with E-state index in [1.54, 1.807) is 30.3 Å². The van der Waals surface area contributed by atoms with Gasteiger partial charge in [-0.15, -0.1) is 0 Å². The molecular formula is C8H8BNO2. The molecular weight excluding hydrogens is 153 g/mol. The third kappa shape index (κ3) is 1.17. The van der Waals surface area contributed by atoms with Crippen LogP contribution in [0.3, 0.4) is 0 Å². The van der Waals surface area contributed by atoms with Gasteiger partial charge in [-0.25, -0.2) is 0 Å². The van der Waals surface area contributed by atoms with Crippen molar-refractivity contribution < 1.29 is 9.68 Å². The largest absolute Gasteiger partial charge is 0.552 e. The number of nitrogens with two attached hydrogens (primary N) is 1. The Bertz CT molecular complexity index is 338. The lowest BCUT2D eigenvalue weighted by Gasteiger charge is -2.14. The van der Waals surface area contributed by atoms with Crippen molar-refractivity contribution in [1.29, 1.82) is 0 Å². The van der Waals surface area contributed by atoms with Crippen molar-refractivity contribution in [3.63, 3.8) is 0 Å². The van der Waals surface area contributed by atoms with E-state index in [0.29, 0.717) is 11.4 Å². The smallest absolute Gasteiger partial charge is 0.532 e. The predicted octanol–water partition coefficient (Wildman–Crippen LogP) is 0.694. The van der Waals surface area contributed by atoms with Gasteiger partial charge in [0.25, 0.3) is 0 Å². The van der Waals surface area contributed by atoms with Gasteiger partial charge in [-0.3, -0.25) is 0 Å². The third-order valence-corrected chi connectivity index (χ3v) is 1.72. The van der Waals surface area contributed by atoms with Crippen LogP contribution in [0.15, 0.2) is 24.2 Å². The van der Waals surface area contributed by atoms with Crippen molar-refractivity contribution in [3.05, 3.63) is 29.7 Å². The SMILES string of the molecule is Nc1ccc2c(c1)C=CB(O)O2. The van der Waals surface area contributed by atoms with Gasteiger partial charge >= 0.3 is 7.12 Å². The second-order valence-electron chi connectivity index (χ2n) is 2.66. The first kappa shape index (κ1) is 7.25. The number of benzene rings is 1. The summed E-state index contributed by atoms with van der Waals surface area (Å²) < 4.78 is 5.10. The Balaban J connectivity index is 2.47. The standard InChI is InChI=1S/C8H8BNO2/c10-7-1-2-8-6(5-7)3-4-9(11)12-8/h1-5,11H,10H2. The molecule has 0 aromatic heterocycles. The lowest BCUT2D eigenvalue weighted by Crippen LogP contribution is -2.21. The van der Waals surface area contributed by atoms with Gasteiger partial charge in [0, 0.05) is 11.3 Å². The Morgan fingerprint density at radius 2 is 2.25 bits per heavy atom. The Kier molecular flexibility index (Phi) is 1.55. The molecule has 1 aromatic carbocycles. The fraction of sp³-hybridized carbons (Fsp3) is 0. The maximum absolute atomic E-state index is 9.08. The van der Waals surface area contributed by atoms with Gasteiger partial charge in [-0.2, -0.15) is 0 Å². The second-order valence-corrected chi connectivity index (χ2v) is 2.66. The summed E-state index contributed by atoms with van der Waals surface area (Å²) >= 11 is 0. The van der Waals surface area contributed by atoms with E-state index in [9.17, 15) is 0 Å². The highest BCUT2D eigenvalue weighted by molar-refractivity contribution is 6.51. The lowest BCUT2D eigenvalue weighted by atomic mass is 9.86. The maximum atomic E-state index is 9.08. The quantitative estimate of drug-likeness (QED) is 0.434. The molecule has 60 valence electrons. The molecule has 1 heterocycles. The number of fused-ring (bicyclic) bond motifs is 1. The van der Waals surface area contributed by atoms with Crippen molar-refractivity contribution in [2.45, 2.75) is 0 Å². The van der Waals surface area contributed by atoms with E-state index in [-0.39, 0.29) is 0 Å². The van der Waals surface area contributed by atoms with Crippen LogP contribution in [0.5, 0.6) is 5.75 Å². The highest BCUT2D eigenvalue weighted by Crippen LogP contribution is 2.25. The van der Waals surface area contributed by atoms with E-state index in [4.69, 9.17) is 15.4 Å². The summed E-state index contributed by atoms with van der Waals surface area (Å²) in [5.41, 5.74) is 7.16. The van der Waals surface area contributed by atoms with Crippen LogP contribution in [0.2, 0.25) is 0 Å². The van der Waals surface area contributed by atoms with E-state index >= 15 is 0 Å². The molecule has 0 atom stereocenters. The minimum atomic E-state index is -0.832. The van der Waals surface area contributed by atoms with Gasteiger partial charge in [0.1, 0.15) is 5.75 Å². The Morgan fingerprint density at radius 1 is 1.42 bits per heavy atom. The van der Waals surface area contributed by atoms with Gasteiger partial charge in [-0.1, -0.05) is 6.08 Å². The Hall–Kier alpha value is -1.42. The molecule has 1 aromatic rings. The lowest BCUT2D eigenvalue weighted by molar-refractivity contribution is 0.428. The molecule has 0 amide bonds.